The number of imidazole rings is 1. The maximum Gasteiger partial charge on any atom is 0.418 e. The summed E-state index contributed by atoms with van der Waals surface area (Å²) in [5.74, 6) is 0.226. The van der Waals surface area contributed by atoms with Gasteiger partial charge in [0, 0.05) is 6.54 Å². The smallest absolute Gasteiger partial charge is 0.317 e. The zero-order chi connectivity index (χ0) is 15.0. The summed E-state index contributed by atoms with van der Waals surface area (Å²) in [7, 11) is 0. The van der Waals surface area contributed by atoms with Crippen LogP contribution in [0.2, 0.25) is 0 Å². The fourth-order valence-electron chi connectivity index (χ4n) is 2.94. The third-order valence-corrected chi connectivity index (χ3v) is 4.00. The largest absolute Gasteiger partial charge is 0.418 e. The van der Waals surface area contributed by atoms with Crippen LogP contribution < -0.4 is 11.0 Å². The standard InChI is InChI=1S/C14H16F3N3O/c15-14(16,17)10-2-1-3-11-12(10)20(13(21)19-11)8-9-4-6-18-7-5-9/h1-3,9,18H,4-8H2,(H,19,21). The van der Waals surface area contributed by atoms with Crippen molar-refractivity contribution in [2.45, 2.75) is 25.6 Å². The Labute approximate surface area is 119 Å². The Morgan fingerprint density at radius 3 is 2.62 bits per heavy atom. The van der Waals surface area contributed by atoms with E-state index in [-0.39, 0.29) is 17.0 Å². The molecule has 0 unspecified atom stereocenters. The first-order valence-corrected chi connectivity index (χ1v) is 6.96. The second-order valence-electron chi connectivity index (χ2n) is 5.43. The van der Waals surface area contributed by atoms with Crippen LogP contribution >= 0.6 is 0 Å². The second kappa shape index (κ2) is 5.22. The van der Waals surface area contributed by atoms with Gasteiger partial charge in [0.25, 0.3) is 0 Å². The Morgan fingerprint density at radius 2 is 1.95 bits per heavy atom. The minimum Gasteiger partial charge on any atom is -0.317 e. The van der Waals surface area contributed by atoms with Gasteiger partial charge in [-0.15, -0.1) is 0 Å². The Bertz CT molecular complexity index is 696. The summed E-state index contributed by atoms with van der Waals surface area (Å²) in [5, 5.41) is 3.21. The average molecular weight is 299 g/mol. The maximum absolute atomic E-state index is 13.1. The van der Waals surface area contributed by atoms with Gasteiger partial charge in [-0.1, -0.05) is 6.07 Å². The van der Waals surface area contributed by atoms with Gasteiger partial charge >= 0.3 is 11.9 Å². The number of aromatic amines is 1. The molecule has 21 heavy (non-hydrogen) atoms. The lowest BCUT2D eigenvalue weighted by molar-refractivity contribution is -0.136. The van der Waals surface area contributed by atoms with Crippen molar-refractivity contribution in [1.82, 2.24) is 14.9 Å². The SMILES string of the molecule is O=c1[nH]c2cccc(C(F)(F)F)c2n1CC1CCNCC1. The molecule has 1 aliphatic heterocycles. The van der Waals surface area contributed by atoms with E-state index >= 15 is 0 Å². The first-order chi connectivity index (χ1) is 9.97. The number of nitrogens with one attached hydrogen (secondary N) is 2. The molecule has 2 heterocycles. The quantitative estimate of drug-likeness (QED) is 0.894. The van der Waals surface area contributed by atoms with E-state index in [4.69, 9.17) is 0 Å². The minimum absolute atomic E-state index is 0.0338. The summed E-state index contributed by atoms with van der Waals surface area (Å²) in [5.41, 5.74) is -1.02. The van der Waals surface area contributed by atoms with E-state index in [1.807, 2.05) is 0 Å². The number of benzene rings is 1. The Hall–Kier alpha value is -1.76. The molecular weight excluding hydrogens is 283 g/mol. The van der Waals surface area contributed by atoms with E-state index < -0.39 is 17.4 Å². The van der Waals surface area contributed by atoms with Gasteiger partial charge in [0.2, 0.25) is 0 Å². The maximum atomic E-state index is 13.1. The molecule has 1 aromatic heterocycles. The number of hydrogen-bond acceptors (Lipinski definition) is 2. The molecule has 3 rings (SSSR count). The van der Waals surface area contributed by atoms with Crippen LogP contribution in [-0.2, 0) is 12.7 Å². The zero-order valence-corrected chi connectivity index (χ0v) is 11.3. The highest BCUT2D eigenvalue weighted by Gasteiger charge is 2.34. The molecule has 1 saturated heterocycles. The number of fused-ring (bicyclic) bond motifs is 1. The first kappa shape index (κ1) is 14.2. The Kier molecular flexibility index (Phi) is 3.52. The van der Waals surface area contributed by atoms with Crippen LogP contribution in [-0.4, -0.2) is 22.6 Å². The van der Waals surface area contributed by atoms with Crippen LogP contribution in [0.4, 0.5) is 13.2 Å². The lowest BCUT2D eigenvalue weighted by atomic mass is 9.98. The van der Waals surface area contributed by atoms with Crippen molar-refractivity contribution in [2.75, 3.05) is 13.1 Å². The van der Waals surface area contributed by atoms with Crippen molar-refractivity contribution in [3.05, 3.63) is 34.2 Å². The molecule has 0 bridgehead atoms. The molecule has 1 fully saturated rings. The third kappa shape index (κ3) is 2.70. The number of aromatic nitrogens is 2. The predicted octanol–water partition coefficient (Wildman–Crippen LogP) is 2.35. The third-order valence-electron chi connectivity index (χ3n) is 4.00. The van der Waals surface area contributed by atoms with Crippen molar-refractivity contribution in [1.29, 1.82) is 0 Å². The Morgan fingerprint density at radius 1 is 1.24 bits per heavy atom. The molecule has 2 N–H and O–H groups in total. The summed E-state index contributed by atoms with van der Waals surface area (Å²) in [6.45, 7) is 2.01. The molecule has 0 saturated carbocycles. The van der Waals surface area contributed by atoms with Crippen LogP contribution in [0.25, 0.3) is 11.0 Å². The van der Waals surface area contributed by atoms with Crippen LogP contribution in [0.1, 0.15) is 18.4 Å². The van der Waals surface area contributed by atoms with Crippen LogP contribution in [0.15, 0.2) is 23.0 Å². The number of rotatable bonds is 2. The van der Waals surface area contributed by atoms with Gasteiger partial charge in [0.05, 0.1) is 16.6 Å². The topological polar surface area (TPSA) is 49.8 Å². The summed E-state index contributed by atoms with van der Waals surface area (Å²) in [4.78, 5) is 14.5. The van der Waals surface area contributed by atoms with Gasteiger partial charge in [-0.3, -0.25) is 4.57 Å². The molecule has 2 aromatic rings. The molecule has 4 nitrogen and oxygen atoms in total. The van der Waals surface area contributed by atoms with Crippen LogP contribution in [0.3, 0.4) is 0 Å². The van der Waals surface area contributed by atoms with E-state index in [0.29, 0.717) is 6.54 Å². The molecule has 0 aliphatic carbocycles. The Balaban J connectivity index is 2.08. The highest BCUT2D eigenvalue weighted by molar-refractivity contribution is 5.79. The summed E-state index contributed by atoms with van der Waals surface area (Å²) in [6.07, 6.45) is -2.73. The molecule has 0 spiro atoms. The van der Waals surface area contributed by atoms with Crippen molar-refractivity contribution >= 4 is 11.0 Å². The van der Waals surface area contributed by atoms with Crippen molar-refractivity contribution in [3.63, 3.8) is 0 Å². The van der Waals surface area contributed by atoms with Gasteiger partial charge in [-0.05, 0) is 44.0 Å². The predicted molar refractivity (Wildman–Crippen MR) is 73.2 cm³/mol. The zero-order valence-electron chi connectivity index (χ0n) is 11.3. The molecule has 7 heteroatoms. The molecule has 1 aromatic carbocycles. The lowest BCUT2D eigenvalue weighted by Crippen LogP contribution is -2.32. The number of nitrogens with zero attached hydrogens (tertiary/aromatic N) is 1. The van der Waals surface area contributed by atoms with Crippen molar-refractivity contribution in [3.8, 4) is 0 Å². The summed E-state index contributed by atoms with van der Waals surface area (Å²) in [6, 6.07) is 3.84. The van der Waals surface area contributed by atoms with Gasteiger partial charge < -0.3 is 10.3 Å². The van der Waals surface area contributed by atoms with Crippen molar-refractivity contribution < 1.29 is 13.2 Å². The van der Waals surface area contributed by atoms with Gasteiger partial charge in [0.1, 0.15) is 0 Å². The molecular formula is C14H16F3N3O. The number of H-pyrrole nitrogens is 1. The van der Waals surface area contributed by atoms with E-state index in [1.165, 1.54) is 16.7 Å². The molecule has 0 atom stereocenters. The summed E-state index contributed by atoms with van der Waals surface area (Å²) < 4.78 is 40.7. The van der Waals surface area contributed by atoms with Crippen LogP contribution in [0, 0.1) is 5.92 Å². The van der Waals surface area contributed by atoms with Gasteiger partial charge in [0.15, 0.2) is 0 Å². The van der Waals surface area contributed by atoms with E-state index in [2.05, 4.69) is 10.3 Å². The molecule has 1 aliphatic rings. The summed E-state index contributed by atoms with van der Waals surface area (Å²) >= 11 is 0. The fraction of sp³-hybridized carbons (Fsp3) is 0.500. The van der Waals surface area contributed by atoms with E-state index in [0.717, 1.165) is 32.0 Å². The molecule has 114 valence electrons. The highest BCUT2D eigenvalue weighted by Crippen LogP contribution is 2.34. The number of piperidine rings is 1. The normalized spacial score (nSPS) is 17.5. The highest BCUT2D eigenvalue weighted by atomic mass is 19.4. The lowest BCUT2D eigenvalue weighted by Gasteiger charge is -2.23. The van der Waals surface area contributed by atoms with Gasteiger partial charge in [-0.2, -0.15) is 13.2 Å². The van der Waals surface area contributed by atoms with Crippen LogP contribution in [0.5, 0.6) is 0 Å². The monoisotopic (exact) mass is 299 g/mol. The molecule has 0 radical (unpaired) electrons. The number of para-hydroxylation sites is 1. The van der Waals surface area contributed by atoms with Crippen molar-refractivity contribution in [2.24, 2.45) is 5.92 Å². The van der Waals surface area contributed by atoms with E-state index in [9.17, 15) is 18.0 Å². The van der Waals surface area contributed by atoms with Gasteiger partial charge in [-0.25, -0.2) is 4.79 Å². The average Bonchev–Trinajstić information content (AvgIpc) is 2.75. The first-order valence-electron chi connectivity index (χ1n) is 6.96. The fourth-order valence-corrected chi connectivity index (χ4v) is 2.94. The number of hydrogen-bond donors (Lipinski definition) is 2. The van der Waals surface area contributed by atoms with E-state index in [1.54, 1.807) is 0 Å². The molecule has 0 amide bonds. The number of halogens is 3. The number of alkyl halides is 3. The minimum atomic E-state index is -4.47. The second-order valence-corrected chi connectivity index (χ2v) is 5.43.